The van der Waals surface area contributed by atoms with Crippen LogP contribution in [0.5, 0.6) is 11.5 Å². The standard InChI is InChI=1S/C12H17N3O2/c1-12(7-14-11(13)15-12)8-4-5-9(16-2)10(6-8)17-3/h4-6H,7H2,1-3H3,(H3,13,14,15). The number of nitrogens with zero attached hydrogens (tertiary/aromatic N) is 1. The maximum Gasteiger partial charge on any atom is 0.189 e. The van der Waals surface area contributed by atoms with Gasteiger partial charge in [0, 0.05) is 0 Å². The topological polar surface area (TPSA) is 68.9 Å². The molecule has 1 aromatic carbocycles. The average molecular weight is 235 g/mol. The Morgan fingerprint density at radius 3 is 2.53 bits per heavy atom. The van der Waals surface area contributed by atoms with Gasteiger partial charge >= 0.3 is 0 Å². The minimum atomic E-state index is -0.274. The summed E-state index contributed by atoms with van der Waals surface area (Å²) in [5.41, 5.74) is 6.45. The Bertz CT molecular complexity index is 459. The number of hydrogen-bond acceptors (Lipinski definition) is 5. The van der Waals surface area contributed by atoms with Gasteiger partial charge in [-0.15, -0.1) is 0 Å². The largest absolute Gasteiger partial charge is 0.493 e. The fourth-order valence-corrected chi connectivity index (χ4v) is 1.95. The number of guanidine groups is 1. The van der Waals surface area contributed by atoms with E-state index in [2.05, 4.69) is 17.2 Å². The SMILES string of the molecule is COc1ccc(C2(C)CN=C(N)N2)cc1OC. The molecule has 0 bridgehead atoms. The van der Waals surface area contributed by atoms with Crippen LogP contribution >= 0.6 is 0 Å². The minimum absolute atomic E-state index is 0.274. The molecule has 1 atom stereocenters. The van der Waals surface area contributed by atoms with Gasteiger partial charge < -0.3 is 20.5 Å². The monoisotopic (exact) mass is 235 g/mol. The summed E-state index contributed by atoms with van der Waals surface area (Å²) in [6.07, 6.45) is 0. The van der Waals surface area contributed by atoms with E-state index < -0.39 is 0 Å². The first-order valence-electron chi connectivity index (χ1n) is 5.39. The molecule has 3 N–H and O–H groups in total. The number of aliphatic imine (C=N–C) groups is 1. The molecule has 17 heavy (non-hydrogen) atoms. The van der Waals surface area contributed by atoms with E-state index in [0.717, 1.165) is 5.56 Å². The summed E-state index contributed by atoms with van der Waals surface area (Å²) in [5, 5.41) is 3.17. The lowest BCUT2D eigenvalue weighted by Gasteiger charge is -2.25. The highest BCUT2D eigenvalue weighted by molar-refractivity contribution is 5.81. The molecular weight excluding hydrogens is 218 g/mol. The molecule has 0 aromatic heterocycles. The minimum Gasteiger partial charge on any atom is -0.493 e. The lowest BCUT2D eigenvalue weighted by molar-refractivity contribution is 0.352. The van der Waals surface area contributed by atoms with Crippen LogP contribution in [0.25, 0.3) is 0 Å². The summed E-state index contributed by atoms with van der Waals surface area (Å²) >= 11 is 0. The number of rotatable bonds is 3. The summed E-state index contributed by atoms with van der Waals surface area (Å²) in [4.78, 5) is 4.18. The lowest BCUT2D eigenvalue weighted by Crippen LogP contribution is -2.42. The molecule has 1 unspecified atom stereocenters. The quantitative estimate of drug-likeness (QED) is 0.814. The van der Waals surface area contributed by atoms with Crippen molar-refractivity contribution in [3.63, 3.8) is 0 Å². The molecule has 1 heterocycles. The molecule has 5 heteroatoms. The Morgan fingerprint density at radius 1 is 1.29 bits per heavy atom. The van der Waals surface area contributed by atoms with Crippen LogP contribution in [0.3, 0.4) is 0 Å². The summed E-state index contributed by atoms with van der Waals surface area (Å²) in [7, 11) is 3.24. The Labute approximate surface area is 101 Å². The molecule has 2 rings (SSSR count). The second-order valence-corrected chi connectivity index (χ2v) is 4.23. The smallest absolute Gasteiger partial charge is 0.189 e. The van der Waals surface area contributed by atoms with E-state index in [1.54, 1.807) is 14.2 Å². The van der Waals surface area contributed by atoms with Crippen LogP contribution in [0.1, 0.15) is 12.5 Å². The first kappa shape index (κ1) is 11.6. The van der Waals surface area contributed by atoms with Crippen LogP contribution in [0.2, 0.25) is 0 Å². The summed E-state index contributed by atoms with van der Waals surface area (Å²) in [5.74, 6) is 1.90. The Balaban J connectivity index is 2.34. The van der Waals surface area contributed by atoms with Crippen molar-refractivity contribution in [2.24, 2.45) is 10.7 Å². The zero-order chi connectivity index (χ0) is 12.5. The molecule has 0 radical (unpaired) electrons. The molecule has 1 aliphatic rings. The molecule has 1 aliphatic heterocycles. The highest BCUT2D eigenvalue weighted by Crippen LogP contribution is 2.33. The fourth-order valence-electron chi connectivity index (χ4n) is 1.95. The van der Waals surface area contributed by atoms with Gasteiger partial charge in [0.25, 0.3) is 0 Å². The van der Waals surface area contributed by atoms with Gasteiger partial charge in [-0.05, 0) is 24.6 Å². The van der Waals surface area contributed by atoms with Crippen LogP contribution in [-0.2, 0) is 5.54 Å². The van der Waals surface area contributed by atoms with Crippen LogP contribution in [0, 0.1) is 0 Å². The molecule has 1 aromatic rings. The van der Waals surface area contributed by atoms with Gasteiger partial charge in [0.15, 0.2) is 17.5 Å². The number of hydrogen-bond donors (Lipinski definition) is 2. The Hall–Kier alpha value is -1.91. The highest BCUT2D eigenvalue weighted by atomic mass is 16.5. The molecule has 5 nitrogen and oxygen atoms in total. The second kappa shape index (κ2) is 4.16. The summed E-state index contributed by atoms with van der Waals surface area (Å²) in [6, 6.07) is 5.82. The molecule has 0 spiro atoms. The third-order valence-electron chi connectivity index (χ3n) is 2.99. The third-order valence-corrected chi connectivity index (χ3v) is 2.99. The molecule has 0 aliphatic carbocycles. The second-order valence-electron chi connectivity index (χ2n) is 4.23. The van der Waals surface area contributed by atoms with Crippen LogP contribution in [0.15, 0.2) is 23.2 Å². The van der Waals surface area contributed by atoms with E-state index in [0.29, 0.717) is 24.0 Å². The van der Waals surface area contributed by atoms with Crippen molar-refractivity contribution >= 4 is 5.96 Å². The van der Waals surface area contributed by atoms with Gasteiger partial charge in [-0.2, -0.15) is 0 Å². The van der Waals surface area contributed by atoms with Gasteiger partial charge in [0.05, 0.1) is 26.3 Å². The van der Waals surface area contributed by atoms with E-state index in [-0.39, 0.29) is 5.54 Å². The molecule has 0 saturated heterocycles. The van der Waals surface area contributed by atoms with Crippen LogP contribution in [0.4, 0.5) is 0 Å². The zero-order valence-electron chi connectivity index (χ0n) is 10.3. The van der Waals surface area contributed by atoms with Gasteiger partial charge in [0.2, 0.25) is 0 Å². The molecule has 92 valence electrons. The first-order chi connectivity index (χ1) is 8.09. The maximum absolute atomic E-state index is 5.66. The number of benzene rings is 1. The van der Waals surface area contributed by atoms with Crippen LogP contribution < -0.4 is 20.5 Å². The number of nitrogens with two attached hydrogens (primary N) is 1. The third kappa shape index (κ3) is 2.00. The Morgan fingerprint density at radius 2 is 2.00 bits per heavy atom. The molecule has 0 saturated carbocycles. The molecule has 0 amide bonds. The summed E-state index contributed by atoms with van der Waals surface area (Å²) in [6.45, 7) is 2.67. The Kier molecular flexibility index (Phi) is 2.83. The molecule has 0 fully saturated rings. The van der Waals surface area contributed by atoms with Gasteiger partial charge in [0.1, 0.15) is 0 Å². The van der Waals surface area contributed by atoms with Gasteiger partial charge in [-0.1, -0.05) is 6.07 Å². The highest BCUT2D eigenvalue weighted by Gasteiger charge is 2.31. The van der Waals surface area contributed by atoms with Crippen molar-refractivity contribution in [1.82, 2.24) is 5.32 Å². The van der Waals surface area contributed by atoms with Crippen molar-refractivity contribution in [3.05, 3.63) is 23.8 Å². The van der Waals surface area contributed by atoms with Crippen molar-refractivity contribution in [2.75, 3.05) is 20.8 Å². The lowest BCUT2D eigenvalue weighted by atomic mass is 9.92. The van der Waals surface area contributed by atoms with Crippen molar-refractivity contribution in [1.29, 1.82) is 0 Å². The molecular formula is C12H17N3O2. The van der Waals surface area contributed by atoms with Gasteiger partial charge in [-0.25, -0.2) is 0 Å². The van der Waals surface area contributed by atoms with Crippen LogP contribution in [-0.4, -0.2) is 26.7 Å². The fraction of sp³-hybridized carbons (Fsp3) is 0.417. The van der Waals surface area contributed by atoms with Crippen molar-refractivity contribution in [2.45, 2.75) is 12.5 Å². The van der Waals surface area contributed by atoms with Gasteiger partial charge in [-0.3, -0.25) is 4.99 Å². The van der Waals surface area contributed by atoms with Crippen molar-refractivity contribution < 1.29 is 9.47 Å². The predicted octanol–water partition coefficient (Wildman–Crippen LogP) is 0.837. The van der Waals surface area contributed by atoms with E-state index in [4.69, 9.17) is 15.2 Å². The van der Waals surface area contributed by atoms with E-state index in [1.165, 1.54) is 0 Å². The van der Waals surface area contributed by atoms with Crippen molar-refractivity contribution in [3.8, 4) is 11.5 Å². The zero-order valence-corrected chi connectivity index (χ0v) is 10.3. The maximum atomic E-state index is 5.66. The predicted molar refractivity (Wildman–Crippen MR) is 66.5 cm³/mol. The first-order valence-corrected chi connectivity index (χ1v) is 5.39. The summed E-state index contributed by atoms with van der Waals surface area (Å²) < 4.78 is 10.5. The number of nitrogens with one attached hydrogen (secondary N) is 1. The normalized spacial score (nSPS) is 22.9. The van der Waals surface area contributed by atoms with E-state index in [9.17, 15) is 0 Å². The average Bonchev–Trinajstić information content (AvgIpc) is 2.69. The number of ether oxygens (including phenoxy) is 2. The number of methoxy groups -OCH3 is 2. The van der Waals surface area contributed by atoms with E-state index in [1.807, 2.05) is 18.2 Å². The van der Waals surface area contributed by atoms with E-state index >= 15 is 0 Å².